The summed E-state index contributed by atoms with van der Waals surface area (Å²) in [6.45, 7) is 6.25. The van der Waals surface area contributed by atoms with Crippen LogP contribution in [0.4, 0.5) is 0 Å². The van der Waals surface area contributed by atoms with Crippen LogP contribution in [0.25, 0.3) is 48.3 Å². The molecule has 0 bridgehead atoms. The third kappa shape index (κ3) is 5.25. The van der Waals surface area contributed by atoms with Crippen LogP contribution in [0, 0.1) is 25.6 Å². The Balaban J connectivity index is 1.45. The van der Waals surface area contributed by atoms with Crippen LogP contribution in [-0.2, 0) is 19.4 Å². The number of hydrogen-bond acceptors (Lipinski definition) is 2. The van der Waals surface area contributed by atoms with Crippen LogP contribution in [0.15, 0.2) is 118 Å². The number of allylic oxidation sites excluding steroid dienone is 3. The van der Waals surface area contributed by atoms with Gasteiger partial charge in [0.2, 0.25) is 0 Å². The van der Waals surface area contributed by atoms with Gasteiger partial charge in [-0.1, -0.05) is 0 Å². The average molecular weight is 786 g/mol. The fourth-order valence-corrected chi connectivity index (χ4v) is 14.9. The van der Waals surface area contributed by atoms with Crippen molar-refractivity contribution in [1.82, 2.24) is 0 Å². The number of aryl methyl sites for hydroxylation is 3. The van der Waals surface area contributed by atoms with E-state index in [2.05, 4.69) is 122 Å². The Morgan fingerprint density at radius 1 is 0.660 bits per heavy atom. The predicted molar refractivity (Wildman–Crippen MR) is 206 cm³/mol. The Labute approximate surface area is 309 Å². The number of benzene rings is 4. The zero-order chi connectivity index (χ0) is 34.1. The Hall–Kier alpha value is -3.53. The molecule has 1 aliphatic heterocycles. The molecule has 0 N–H and O–H groups in total. The van der Waals surface area contributed by atoms with Gasteiger partial charge in [-0.05, 0) is 0 Å². The minimum atomic E-state index is -3.14. The molecule has 0 saturated carbocycles. The molecule has 9 rings (SSSR count). The molecular formula is C44H35Cl2O2SiZr. The Morgan fingerprint density at radius 3 is 1.88 bits per heavy atom. The molecule has 0 spiro atoms. The standard InChI is InChI=1S/C44H35O2Si.2ClH.Zr/c1-27-15-19-33-34(40(27)30-11-6-4-7-12-30)26-36(38-21-17-29(3)46-38)43(33)44-35(37-20-16-28(2)45-37)25-32-18-22-39(47-23-10-24-47)41(42(32)44)31-13-8-5-9-14-31;;;/h4-9,11-22,26,43H,10,23-24H2,1-3H3;2*1H;/q;;;+2/p-2. The summed E-state index contributed by atoms with van der Waals surface area (Å²) in [6, 6.07) is 42.1. The van der Waals surface area contributed by atoms with Gasteiger partial charge in [0.1, 0.15) is 0 Å². The van der Waals surface area contributed by atoms with Crippen LogP contribution in [0.1, 0.15) is 57.6 Å². The third-order valence-electron chi connectivity index (χ3n) is 10.6. The van der Waals surface area contributed by atoms with Gasteiger partial charge in [0.15, 0.2) is 0 Å². The van der Waals surface area contributed by atoms with E-state index >= 15 is 0 Å². The van der Waals surface area contributed by atoms with Crippen LogP contribution in [0.3, 0.4) is 0 Å². The first kappa shape index (κ1) is 32.4. The molecule has 1 unspecified atom stereocenters. The van der Waals surface area contributed by atoms with E-state index in [1.165, 1.54) is 78.6 Å². The molecule has 4 aromatic carbocycles. The molecule has 2 aliphatic carbocycles. The van der Waals surface area contributed by atoms with E-state index in [4.69, 9.17) is 25.9 Å². The quantitative estimate of drug-likeness (QED) is 0.157. The maximum absolute atomic E-state index is 7.28. The van der Waals surface area contributed by atoms with Gasteiger partial charge in [0.05, 0.1) is 0 Å². The first-order chi connectivity index (χ1) is 24.4. The fraction of sp³-hybridized carbons (Fsp3) is 0.159. The average Bonchev–Trinajstić information content (AvgIpc) is 3.88. The first-order valence-corrected chi connectivity index (χ1v) is 26.8. The second-order valence-corrected chi connectivity index (χ2v) is 24.5. The van der Waals surface area contributed by atoms with Crippen LogP contribution in [-0.4, -0.2) is 8.41 Å². The Bertz CT molecular complexity index is 2520. The Kier molecular flexibility index (Phi) is 8.36. The zero-order valence-corrected chi connectivity index (χ0v) is 33.2. The van der Waals surface area contributed by atoms with Gasteiger partial charge < -0.3 is 0 Å². The van der Waals surface area contributed by atoms with Gasteiger partial charge in [-0.15, -0.1) is 0 Å². The van der Waals surface area contributed by atoms with E-state index in [1.54, 1.807) is 0 Å². The van der Waals surface area contributed by atoms with Gasteiger partial charge >= 0.3 is 312 Å². The number of halogens is 2. The number of hydrogen-bond donors (Lipinski definition) is 0. The van der Waals surface area contributed by atoms with Crippen molar-refractivity contribution in [2.24, 2.45) is 0 Å². The third-order valence-corrected chi connectivity index (χ3v) is 18.2. The van der Waals surface area contributed by atoms with E-state index in [0.717, 1.165) is 37.5 Å². The summed E-state index contributed by atoms with van der Waals surface area (Å²) in [5.74, 6) is 3.34. The van der Waals surface area contributed by atoms with E-state index in [9.17, 15) is 0 Å². The zero-order valence-electron chi connectivity index (χ0n) is 28.2. The molecule has 50 heavy (non-hydrogen) atoms. The molecule has 1 fully saturated rings. The predicted octanol–water partition coefficient (Wildman–Crippen LogP) is 12.2. The summed E-state index contributed by atoms with van der Waals surface area (Å²) in [5, 5.41) is 1.17. The molecule has 0 amide bonds. The van der Waals surface area contributed by atoms with E-state index in [0.29, 0.717) is 0 Å². The molecule has 2 aromatic heterocycles. The summed E-state index contributed by atoms with van der Waals surface area (Å²) in [7, 11) is 13.9. The summed E-state index contributed by atoms with van der Waals surface area (Å²) < 4.78 is 14.2. The van der Waals surface area contributed by atoms with Crippen molar-refractivity contribution in [1.29, 1.82) is 0 Å². The molecule has 0 radical (unpaired) electrons. The second-order valence-electron chi connectivity index (χ2n) is 13.6. The molecular weight excluding hydrogens is 751 g/mol. The Morgan fingerprint density at radius 2 is 1.30 bits per heavy atom. The second kappa shape index (κ2) is 12.9. The normalized spacial score (nSPS) is 16.4. The molecule has 3 aliphatic rings. The topological polar surface area (TPSA) is 26.3 Å². The van der Waals surface area contributed by atoms with Crippen molar-refractivity contribution < 1.29 is 28.2 Å². The fourth-order valence-electron chi connectivity index (χ4n) is 8.28. The summed E-state index contributed by atoms with van der Waals surface area (Å²) >= 11 is -3.14. The SMILES string of the molecule is Cc1ccc(C2=Cc3c(ccc(C)c3-c3ccccc3)C2C2=C(c3ccc(C)o3)[C]([Zr]([Cl])[Cl])=c3ccc(=[Si]4CCC4)c(-c4ccccc4)c32)o1. The monoisotopic (exact) mass is 783 g/mol. The van der Waals surface area contributed by atoms with Gasteiger partial charge in [-0.25, -0.2) is 0 Å². The van der Waals surface area contributed by atoms with Gasteiger partial charge in [-0.2, -0.15) is 0 Å². The molecule has 245 valence electrons. The van der Waals surface area contributed by atoms with Crippen LogP contribution in [0.5, 0.6) is 0 Å². The van der Waals surface area contributed by atoms with Crippen molar-refractivity contribution in [2.75, 3.05) is 0 Å². The molecule has 6 aromatic rings. The number of fused-ring (bicyclic) bond motifs is 2. The van der Waals surface area contributed by atoms with Crippen molar-refractivity contribution in [2.45, 2.75) is 45.2 Å². The van der Waals surface area contributed by atoms with E-state index < -0.39 is 27.8 Å². The molecule has 6 heteroatoms. The molecule has 2 nitrogen and oxygen atoms in total. The van der Waals surface area contributed by atoms with Gasteiger partial charge in [0, 0.05) is 0 Å². The first-order valence-electron chi connectivity index (χ1n) is 17.3. The summed E-state index contributed by atoms with van der Waals surface area (Å²) in [5.41, 5.74) is 13.5. The summed E-state index contributed by atoms with van der Waals surface area (Å²) in [6.07, 6.45) is 3.69. The van der Waals surface area contributed by atoms with Crippen molar-refractivity contribution in [3.8, 4) is 22.3 Å². The van der Waals surface area contributed by atoms with Gasteiger partial charge in [-0.3, -0.25) is 0 Å². The molecule has 1 saturated heterocycles. The molecule has 1 atom stereocenters. The number of furan rings is 2. The van der Waals surface area contributed by atoms with E-state index in [-0.39, 0.29) is 5.92 Å². The van der Waals surface area contributed by atoms with Crippen LogP contribution >= 0.6 is 17.0 Å². The van der Waals surface area contributed by atoms with Crippen LogP contribution in [0.2, 0.25) is 12.1 Å². The maximum atomic E-state index is 7.28. The minimum absolute atomic E-state index is 0.136. The van der Waals surface area contributed by atoms with Gasteiger partial charge in [0.25, 0.3) is 0 Å². The number of rotatable bonds is 6. The summed E-state index contributed by atoms with van der Waals surface area (Å²) in [4.78, 5) is 1.51. The van der Waals surface area contributed by atoms with Crippen molar-refractivity contribution >= 4 is 51.5 Å². The van der Waals surface area contributed by atoms with Crippen LogP contribution < -0.4 is 5.22 Å². The van der Waals surface area contributed by atoms with E-state index in [1.807, 2.05) is 13.8 Å². The van der Waals surface area contributed by atoms with Crippen molar-refractivity contribution in [3.05, 3.63) is 165 Å². The van der Waals surface area contributed by atoms with Crippen molar-refractivity contribution in [3.63, 3.8) is 0 Å². The molecule has 3 heterocycles.